The molecule has 2 heterocycles. The Hall–Kier alpha value is -1.89. The van der Waals surface area contributed by atoms with Crippen LogP contribution < -0.4 is 15.5 Å². The second-order valence-electron chi connectivity index (χ2n) is 6.24. The molecule has 1 aromatic heterocycles. The third kappa shape index (κ3) is 4.44. The maximum atomic E-state index is 13.2. The van der Waals surface area contributed by atoms with Crippen molar-refractivity contribution in [1.82, 2.24) is 10.6 Å². The predicted molar refractivity (Wildman–Crippen MR) is 108 cm³/mol. The normalized spacial score (nSPS) is 17.7. The molecule has 0 unspecified atom stereocenters. The van der Waals surface area contributed by atoms with E-state index in [1.54, 1.807) is 25.3 Å². The second-order valence-corrected chi connectivity index (χ2v) is 7.27. The molecule has 2 amide bonds. The van der Waals surface area contributed by atoms with Crippen molar-refractivity contribution in [2.75, 3.05) is 11.9 Å². The molecule has 26 heavy (non-hydrogen) atoms. The van der Waals surface area contributed by atoms with Crippen LogP contribution in [-0.4, -0.2) is 30.9 Å². The fraction of sp³-hybridized carbons (Fsp3) is 0.368. The number of fused-ring (bicyclic) bond motifs is 1. The minimum atomic E-state index is -0.504. The van der Waals surface area contributed by atoms with Crippen LogP contribution in [0.3, 0.4) is 0 Å². The molecule has 2 atom stereocenters. The number of halogens is 1. The molecule has 2 N–H and O–H groups in total. The third-order valence-corrected chi connectivity index (χ3v) is 5.45. The number of aryl methyl sites for hydroxylation is 1. The summed E-state index contributed by atoms with van der Waals surface area (Å²) < 4.78 is 0. The number of hydrogen-bond donors (Lipinski definition) is 2. The number of nitrogens with one attached hydrogen (secondary N) is 2. The Morgan fingerprint density at radius 2 is 2.08 bits per heavy atom. The number of benzene rings is 1. The van der Waals surface area contributed by atoms with Crippen molar-refractivity contribution in [1.29, 1.82) is 0 Å². The fourth-order valence-corrected chi connectivity index (χ4v) is 3.69. The topological polar surface area (TPSA) is 61.4 Å². The van der Waals surface area contributed by atoms with E-state index < -0.39 is 6.04 Å². The lowest BCUT2D eigenvalue weighted by Gasteiger charge is -2.26. The van der Waals surface area contributed by atoms with Crippen LogP contribution in [0.1, 0.15) is 23.8 Å². The van der Waals surface area contributed by atoms with Gasteiger partial charge in [0.25, 0.3) is 0 Å². The maximum Gasteiger partial charge on any atom is 0.249 e. The summed E-state index contributed by atoms with van der Waals surface area (Å²) in [5.41, 5.74) is 2.09. The van der Waals surface area contributed by atoms with Crippen LogP contribution >= 0.6 is 23.7 Å². The molecule has 0 saturated heterocycles. The van der Waals surface area contributed by atoms with Crippen molar-refractivity contribution in [2.45, 2.75) is 38.4 Å². The largest absolute Gasteiger partial charge is 0.343 e. The van der Waals surface area contributed by atoms with Gasteiger partial charge in [0, 0.05) is 10.6 Å². The lowest BCUT2D eigenvalue weighted by atomic mass is 10.1. The quantitative estimate of drug-likeness (QED) is 0.821. The third-order valence-electron chi connectivity index (χ3n) is 4.59. The lowest BCUT2D eigenvalue weighted by molar-refractivity contribution is -0.128. The van der Waals surface area contributed by atoms with E-state index in [9.17, 15) is 9.59 Å². The fourth-order valence-electron chi connectivity index (χ4n) is 3.00. The van der Waals surface area contributed by atoms with Gasteiger partial charge in [0.1, 0.15) is 6.04 Å². The Bertz CT molecular complexity index is 751. The van der Waals surface area contributed by atoms with Gasteiger partial charge in [-0.2, -0.15) is 0 Å². The van der Waals surface area contributed by atoms with Gasteiger partial charge in [-0.1, -0.05) is 24.3 Å². The van der Waals surface area contributed by atoms with Crippen molar-refractivity contribution in [3.63, 3.8) is 0 Å². The number of rotatable bonds is 5. The van der Waals surface area contributed by atoms with Gasteiger partial charge in [-0.05, 0) is 49.9 Å². The number of carbonyl (C=O) groups is 2. The zero-order chi connectivity index (χ0) is 17.8. The van der Waals surface area contributed by atoms with Gasteiger partial charge in [0.15, 0.2) is 0 Å². The first-order chi connectivity index (χ1) is 12.1. The van der Waals surface area contributed by atoms with Crippen LogP contribution in [-0.2, 0) is 22.6 Å². The van der Waals surface area contributed by atoms with Gasteiger partial charge in [-0.25, -0.2) is 0 Å². The van der Waals surface area contributed by atoms with E-state index in [1.165, 1.54) is 0 Å². The van der Waals surface area contributed by atoms with Crippen LogP contribution in [0.2, 0.25) is 0 Å². The highest BCUT2D eigenvalue weighted by Crippen LogP contribution is 2.29. The summed E-state index contributed by atoms with van der Waals surface area (Å²) in [5, 5.41) is 7.84. The predicted octanol–water partition coefficient (Wildman–Crippen LogP) is 2.74. The van der Waals surface area contributed by atoms with Crippen LogP contribution in [0, 0.1) is 0 Å². The molecule has 0 aliphatic carbocycles. The van der Waals surface area contributed by atoms with Crippen molar-refractivity contribution in [3.8, 4) is 0 Å². The Labute approximate surface area is 164 Å². The first kappa shape index (κ1) is 20.4. The number of hydrogen-bond acceptors (Lipinski definition) is 4. The molecule has 1 aliphatic rings. The lowest BCUT2D eigenvalue weighted by Crippen LogP contribution is -2.51. The summed E-state index contributed by atoms with van der Waals surface area (Å²) >= 11 is 1.63. The summed E-state index contributed by atoms with van der Waals surface area (Å²) in [5.74, 6) is -0.196. The molecule has 0 saturated carbocycles. The molecular formula is C19H24ClN3O2S. The molecule has 2 aromatic rings. The van der Waals surface area contributed by atoms with E-state index in [2.05, 4.69) is 16.7 Å². The zero-order valence-electron chi connectivity index (χ0n) is 14.9. The minimum Gasteiger partial charge on any atom is -0.343 e. The molecule has 5 nitrogen and oxygen atoms in total. The number of carbonyl (C=O) groups excluding carboxylic acids is 2. The summed E-state index contributed by atoms with van der Waals surface area (Å²) in [7, 11) is 1.73. The van der Waals surface area contributed by atoms with E-state index in [4.69, 9.17) is 0 Å². The summed E-state index contributed by atoms with van der Waals surface area (Å²) in [6.07, 6.45) is 1.38. The molecule has 0 spiro atoms. The Morgan fingerprint density at radius 3 is 2.77 bits per heavy atom. The number of amides is 2. The first-order valence-corrected chi connectivity index (χ1v) is 9.37. The number of para-hydroxylation sites is 1. The summed E-state index contributed by atoms with van der Waals surface area (Å²) in [4.78, 5) is 28.4. The Balaban J connectivity index is 0.00000243. The molecule has 3 rings (SSSR count). The average Bonchev–Trinajstić information content (AvgIpc) is 3.11. The Morgan fingerprint density at radius 1 is 1.31 bits per heavy atom. The molecule has 7 heteroatoms. The average molecular weight is 394 g/mol. The highest BCUT2D eigenvalue weighted by Gasteiger charge is 2.32. The molecule has 1 aliphatic heterocycles. The number of nitrogens with zero attached hydrogens (tertiary/aromatic N) is 1. The van der Waals surface area contributed by atoms with E-state index >= 15 is 0 Å². The van der Waals surface area contributed by atoms with Gasteiger partial charge >= 0.3 is 0 Å². The van der Waals surface area contributed by atoms with Gasteiger partial charge in [0.2, 0.25) is 11.8 Å². The summed E-state index contributed by atoms with van der Waals surface area (Å²) in [6, 6.07) is 11.2. The monoisotopic (exact) mass is 393 g/mol. The van der Waals surface area contributed by atoms with Gasteiger partial charge in [-0.15, -0.1) is 23.7 Å². The van der Waals surface area contributed by atoms with Gasteiger partial charge < -0.3 is 15.5 Å². The Kier molecular flexibility index (Phi) is 7.20. The smallest absolute Gasteiger partial charge is 0.249 e. The standard InChI is InChI=1S/C19H23N3O2S.ClH/c1-13(20-2)18(23)21-16-10-9-14-6-3-4-8-17(14)22(19(16)24)12-15-7-5-11-25-15;/h3-8,11,13,16,20H,9-10,12H2,1-2H3,(H,21,23);1H/t13-,16-;/m0./s1. The van der Waals surface area contributed by atoms with Gasteiger partial charge in [0.05, 0.1) is 12.6 Å². The van der Waals surface area contributed by atoms with Crippen molar-refractivity contribution in [2.24, 2.45) is 0 Å². The van der Waals surface area contributed by atoms with E-state index in [0.717, 1.165) is 22.5 Å². The molecule has 1 aromatic carbocycles. The van der Waals surface area contributed by atoms with E-state index in [1.807, 2.05) is 40.6 Å². The highest BCUT2D eigenvalue weighted by atomic mass is 35.5. The van der Waals surface area contributed by atoms with Crippen LogP contribution in [0.4, 0.5) is 5.69 Å². The van der Waals surface area contributed by atoms with Crippen LogP contribution in [0.25, 0.3) is 0 Å². The molecule has 140 valence electrons. The number of anilines is 1. The minimum absolute atomic E-state index is 0. The van der Waals surface area contributed by atoms with Crippen molar-refractivity contribution >= 4 is 41.2 Å². The first-order valence-electron chi connectivity index (χ1n) is 8.49. The van der Waals surface area contributed by atoms with E-state index in [0.29, 0.717) is 13.0 Å². The molecule has 0 bridgehead atoms. The zero-order valence-corrected chi connectivity index (χ0v) is 16.5. The van der Waals surface area contributed by atoms with Crippen molar-refractivity contribution < 1.29 is 9.59 Å². The van der Waals surface area contributed by atoms with E-state index in [-0.39, 0.29) is 30.3 Å². The second kappa shape index (κ2) is 9.16. The highest BCUT2D eigenvalue weighted by molar-refractivity contribution is 7.09. The maximum absolute atomic E-state index is 13.2. The van der Waals surface area contributed by atoms with Gasteiger partial charge in [-0.3, -0.25) is 9.59 Å². The number of likely N-dealkylation sites (N-methyl/N-ethyl adjacent to an activating group) is 1. The molecule has 0 radical (unpaired) electrons. The SMILES string of the molecule is CN[C@@H](C)C(=O)N[C@H]1CCc2ccccc2N(Cc2cccs2)C1=O.Cl. The van der Waals surface area contributed by atoms with Crippen LogP contribution in [0.15, 0.2) is 41.8 Å². The van der Waals surface area contributed by atoms with Crippen molar-refractivity contribution in [3.05, 3.63) is 52.2 Å². The molecule has 0 fully saturated rings. The molecular weight excluding hydrogens is 370 g/mol. The van der Waals surface area contributed by atoms with Crippen LogP contribution in [0.5, 0.6) is 0 Å². The summed E-state index contributed by atoms with van der Waals surface area (Å²) in [6.45, 7) is 2.32. The number of thiophene rings is 1.